The van der Waals surface area contributed by atoms with E-state index in [0.29, 0.717) is 17.3 Å². The molecular weight excluding hydrogens is 186 g/mol. The number of rotatable bonds is 3. The second-order valence-corrected chi connectivity index (χ2v) is 2.87. The summed E-state index contributed by atoms with van der Waals surface area (Å²) < 4.78 is 5.18. The highest BCUT2D eigenvalue weighted by Gasteiger charge is 2.00. The maximum atomic E-state index is 5.89. The monoisotopic (exact) mass is 195 g/mol. The normalized spacial score (nSPS) is 9.31. The molecular formula is C10H10ClNO. The third-order valence-corrected chi connectivity index (χ3v) is 1.84. The van der Waals surface area contributed by atoms with Crippen LogP contribution in [0.3, 0.4) is 0 Å². The maximum absolute atomic E-state index is 5.89. The quantitative estimate of drug-likeness (QED) is 0.747. The Labute approximate surface area is 82.6 Å². The summed E-state index contributed by atoms with van der Waals surface area (Å²) in [5.41, 5.74) is 6.41. The largest absolute Gasteiger partial charge is 0.479 e. The van der Waals surface area contributed by atoms with E-state index < -0.39 is 0 Å². The Kier molecular flexibility index (Phi) is 3.63. The fraction of sp³-hybridized carbons (Fsp3) is 0.200. The Morgan fingerprint density at radius 2 is 2.31 bits per heavy atom. The fourth-order valence-electron chi connectivity index (χ4n) is 0.908. The molecule has 1 rings (SSSR count). The van der Waals surface area contributed by atoms with Gasteiger partial charge in [-0.1, -0.05) is 23.6 Å². The highest BCUT2D eigenvalue weighted by Crippen LogP contribution is 2.24. The summed E-state index contributed by atoms with van der Waals surface area (Å²) in [6, 6.07) is 5.40. The lowest BCUT2D eigenvalue weighted by atomic mass is 10.2. The van der Waals surface area contributed by atoms with Gasteiger partial charge in [-0.05, 0) is 17.7 Å². The van der Waals surface area contributed by atoms with E-state index in [2.05, 4.69) is 5.92 Å². The van der Waals surface area contributed by atoms with Crippen LogP contribution in [-0.4, -0.2) is 6.61 Å². The van der Waals surface area contributed by atoms with Crippen molar-refractivity contribution >= 4 is 11.6 Å². The van der Waals surface area contributed by atoms with Crippen LogP contribution in [0.1, 0.15) is 5.56 Å². The van der Waals surface area contributed by atoms with Crippen molar-refractivity contribution < 1.29 is 4.74 Å². The van der Waals surface area contributed by atoms with Crippen molar-refractivity contribution in [3.05, 3.63) is 28.8 Å². The van der Waals surface area contributed by atoms with Gasteiger partial charge in [-0.3, -0.25) is 0 Å². The number of hydrogen-bond acceptors (Lipinski definition) is 2. The van der Waals surface area contributed by atoms with Gasteiger partial charge in [0.25, 0.3) is 0 Å². The number of terminal acetylenes is 1. The van der Waals surface area contributed by atoms with E-state index in [9.17, 15) is 0 Å². The molecule has 13 heavy (non-hydrogen) atoms. The zero-order valence-corrected chi connectivity index (χ0v) is 7.84. The molecule has 1 aromatic carbocycles. The van der Waals surface area contributed by atoms with Crippen molar-refractivity contribution in [3.8, 4) is 18.1 Å². The molecule has 0 saturated heterocycles. The van der Waals surface area contributed by atoms with Crippen LogP contribution in [0.5, 0.6) is 5.75 Å². The predicted molar refractivity (Wildman–Crippen MR) is 53.7 cm³/mol. The average molecular weight is 196 g/mol. The molecule has 0 saturated carbocycles. The molecule has 0 spiro atoms. The van der Waals surface area contributed by atoms with Gasteiger partial charge in [0, 0.05) is 6.54 Å². The van der Waals surface area contributed by atoms with E-state index in [0.717, 1.165) is 5.56 Å². The molecule has 0 fully saturated rings. The SMILES string of the molecule is C#CCOc1ccc(CN)cc1Cl. The van der Waals surface area contributed by atoms with Crippen LogP contribution in [0.4, 0.5) is 0 Å². The molecule has 68 valence electrons. The third-order valence-electron chi connectivity index (χ3n) is 1.54. The molecule has 0 atom stereocenters. The lowest BCUT2D eigenvalue weighted by molar-refractivity contribution is 0.370. The molecule has 0 aliphatic carbocycles. The summed E-state index contributed by atoms with van der Waals surface area (Å²) in [5.74, 6) is 2.96. The number of benzene rings is 1. The zero-order valence-electron chi connectivity index (χ0n) is 7.09. The molecule has 0 aromatic heterocycles. The lowest BCUT2D eigenvalue weighted by Crippen LogP contribution is -1.98. The number of hydrogen-bond donors (Lipinski definition) is 1. The molecule has 3 heteroatoms. The van der Waals surface area contributed by atoms with Crippen LogP contribution in [0.25, 0.3) is 0 Å². The second-order valence-electron chi connectivity index (χ2n) is 2.46. The standard InChI is InChI=1S/C10H10ClNO/c1-2-5-13-10-4-3-8(7-12)6-9(10)11/h1,3-4,6H,5,7,12H2. The Bertz CT molecular complexity index is 330. The van der Waals surface area contributed by atoms with E-state index in [4.69, 9.17) is 28.5 Å². The number of ether oxygens (including phenoxy) is 1. The third kappa shape index (κ3) is 2.66. The van der Waals surface area contributed by atoms with Crippen LogP contribution in [0, 0.1) is 12.3 Å². The van der Waals surface area contributed by atoms with E-state index >= 15 is 0 Å². The first-order valence-corrected chi connectivity index (χ1v) is 4.20. The Morgan fingerprint density at radius 3 is 2.85 bits per heavy atom. The summed E-state index contributed by atoms with van der Waals surface area (Å²) in [6.07, 6.45) is 5.04. The predicted octanol–water partition coefficient (Wildman–Crippen LogP) is 1.81. The smallest absolute Gasteiger partial charge is 0.148 e. The molecule has 0 heterocycles. The minimum absolute atomic E-state index is 0.224. The summed E-state index contributed by atoms with van der Waals surface area (Å²) in [4.78, 5) is 0. The van der Waals surface area contributed by atoms with Gasteiger partial charge in [0.1, 0.15) is 12.4 Å². The van der Waals surface area contributed by atoms with Gasteiger partial charge in [0.15, 0.2) is 0 Å². The van der Waals surface area contributed by atoms with Gasteiger partial charge in [-0.25, -0.2) is 0 Å². The molecule has 0 bridgehead atoms. The number of halogens is 1. The minimum atomic E-state index is 0.224. The van der Waals surface area contributed by atoms with Gasteiger partial charge in [-0.15, -0.1) is 6.42 Å². The first kappa shape index (κ1) is 9.91. The molecule has 1 aromatic rings. The molecule has 0 unspecified atom stereocenters. The molecule has 0 aliphatic heterocycles. The van der Waals surface area contributed by atoms with Crippen molar-refractivity contribution in [2.45, 2.75) is 6.54 Å². The van der Waals surface area contributed by atoms with E-state index in [-0.39, 0.29) is 6.61 Å². The molecule has 0 aliphatic rings. The topological polar surface area (TPSA) is 35.2 Å². The Balaban J connectivity index is 2.80. The van der Waals surface area contributed by atoms with Crippen molar-refractivity contribution in [2.24, 2.45) is 5.73 Å². The van der Waals surface area contributed by atoms with Gasteiger partial charge in [0.05, 0.1) is 5.02 Å². The summed E-state index contributed by atoms with van der Waals surface area (Å²) in [5, 5.41) is 0.540. The highest BCUT2D eigenvalue weighted by molar-refractivity contribution is 6.32. The molecule has 0 amide bonds. The lowest BCUT2D eigenvalue weighted by Gasteiger charge is -2.05. The molecule has 2 N–H and O–H groups in total. The maximum Gasteiger partial charge on any atom is 0.148 e. The van der Waals surface area contributed by atoms with E-state index in [1.807, 2.05) is 6.07 Å². The van der Waals surface area contributed by atoms with E-state index in [1.54, 1.807) is 12.1 Å². The Hall–Kier alpha value is -1.17. The van der Waals surface area contributed by atoms with Crippen LogP contribution in [0.2, 0.25) is 5.02 Å². The van der Waals surface area contributed by atoms with Crippen LogP contribution < -0.4 is 10.5 Å². The van der Waals surface area contributed by atoms with Crippen molar-refractivity contribution in [2.75, 3.05) is 6.61 Å². The zero-order chi connectivity index (χ0) is 9.68. The van der Waals surface area contributed by atoms with Crippen LogP contribution in [0.15, 0.2) is 18.2 Å². The van der Waals surface area contributed by atoms with Crippen LogP contribution >= 0.6 is 11.6 Å². The summed E-state index contributed by atoms with van der Waals surface area (Å²) >= 11 is 5.89. The summed E-state index contributed by atoms with van der Waals surface area (Å²) in [6.45, 7) is 0.691. The first-order chi connectivity index (χ1) is 6.27. The van der Waals surface area contributed by atoms with Crippen LogP contribution in [-0.2, 0) is 6.54 Å². The van der Waals surface area contributed by atoms with Gasteiger partial charge in [-0.2, -0.15) is 0 Å². The van der Waals surface area contributed by atoms with Crippen molar-refractivity contribution in [1.29, 1.82) is 0 Å². The van der Waals surface area contributed by atoms with Gasteiger partial charge >= 0.3 is 0 Å². The molecule has 0 radical (unpaired) electrons. The first-order valence-electron chi connectivity index (χ1n) is 3.82. The molecule has 2 nitrogen and oxygen atoms in total. The van der Waals surface area contributed by atoms with E-state index in [1.165, 1.54) is 0 Å². The van der Waals surface area contributed by atoms with Crippen molar-refractivity contribution in [1.82, 2.24) is 0 Å². The van der Waals surface area contributed by atoms with Gasteiger partial charge < -0.3 is 10.5 Å². The fourth-order valence-corrected chi connectivity index (χ4v) is 1.17. The number of nitrogens with two attached hydrogens (primary N) is 1. The van der Waals surface area contributed by atoms with Gasteiger partial charge in [0.2, 0.25) is 0 Å². The Morgan fingerprint density at radius 1 is 1.54 bits per heavy atom. The second kappa shape index (κ2) is 4.76. The average Bonchev–Trinajstić information content (AvgIpc) is 2.16. The van der Waals surface area contributed by atoms with Crippen molar-refractivity contribution in [3.63, 3.8) is 0 Å². The summed E-state index contributed by atoms with van der Waals surface area (Å²) in [7, 11) is 0. The minimum Gasteiger partial charge on any atom is -0.479 e. The highest BCUT2D eigenvalue weighted by atomic mass is 35.5.